The van der Waals surface area contributed by atoms with Crippen LogP contribution in [0.5, 0.6) is 0 Å². The van der Waals surface area contributed by atoms with Crippen LogP contribution in [-0.2, 0) is 20.8 Å². The molecular formula is C19H19FN2O3S2. The van der Waals surface area contributed by atoms with Crippen LogP contribution >= 0.6 is 0 Å². The van der Waals surface area contributed by atoms with Crippen LogP contribution in [0.4, 0.5) is 4.39 Å². The number of hydrogen-bond donors (Lipinski definition) is 0. The van der Waals surface area contributed by atoms with Crippen molar-refractivity contribution in [1.82, 2.24) is 4.31 Å². The molecular weight excluding hydrogens is 387 g/mol. The Morgan fingerprint density at radius 3 is 2.81 bits per heavy atom. The minimum Gasteiger partial charge on any atom is -0.260 e. The van der Waals surface area contributed by atoms with Crippen molar-refractivity contribution in [2.45, 2.75) is 24.3 Å². The van der Waals surface area contributed by atoms with E-state index >= 15 is 0 Å². The molecule has 2 heterocycles. The normalized spacial score (nSPS) is 24.5. The lowest BCUT2D eigenvalue weighted by Gasteiger charge is -2.19. The molecule has 0 saturated carbocycles. The van der Waals surface area contributed by atoms with E-state index in [0.717, 1.165) is 22.3 Å². The summed E-state index contributed by atoms with van der Waals surface area (Å²) >= 11 is 0. The predicted molar refractivity (Wildman–Crippen MR) is 105 cm³/mol. The first-order valence-corrected chi connectivity index (χ1v) is 11.8. The number of hydrogen-bond acceptors (Lipinski definition) is 4. The smallest absolute Gasteiger partial charge is 0.243 e. The highest BCUT2D eigenvalue weighted by Crippen LogP contribution is 2.42. The highest BCUT2D eigenvalue weighted by Gasteiger charge is 2.40. The van der Waals surface area contributed by atoms with Gasteiger partial charge in [-0.2, -0.15) is 4.31 Å². The summed E-state index contributed by atoms with van der Waals surface area (Å²) in [6, 6.07) is 4.94. The lowest BCUT2D eigenvalue weighted by Crippen LogP contribution is -2.30. The highest BCUT2D eigenvalue weighted by atomic mass is 32.2. The first-order chi connectivity index (χ1) is 12.8. The number of nitrogens with zero attached hydrogens (tertiary/aromatic N) is 2. The molecule has 0 fully saturated rings. The van der Waals surface area contributed by atoms with Crippen LogP contribution in [0.1, 0.15) is 30.5 Å². The van der Waals surface area contributed by atoms with Crippen molar-refractivity contribution in [1.29, 1.82) is 0 Å². The second kappa shape index (κ2) is 6.61. The minimum atomic E-state index is -3.59. The molecule has 1 aromatic carbocycles. The predicted octanol–water partition coefficient (Wildman–Crippen LogP) is 3.11. The first-order valence-electron chi connectivity index (χ1n) is 8.59. The highest BCUT2D eigenvalue weighted by molar-refractivity contribution is 7.89. The number of halogens is 1. The van der Waals surface area contributed by atoms with Crippen LogP contribution in [0.2, 0.25) is 0 Å². The van der Waals surface area contributed by atoms with Gasteiger partial charge < -0.3 is 0 Å². The molecule has 0 radical (unpaired) electrons. The topological polar surface area (TPSA) is 66.8 Å². The quantitative estimate of drug-likeness (QED) is 0.772. The summed E-state index contributed by atoms with van der Waals surface area (Å²) < 4.78 is 51.9. The van der Waals surface area contributed by atoms with Gasteiger partial charge in [-0.25, -0.2) is 12.8 Å². The minimum absolute atomic E-state index is 0.184. The van der Waals surface area contributed by atoms with Crippen LogP contribution < -0.4 is 0 Å². The van der Waals surface area contributed by atoms with Gasteiger partial charge in [0, 0.05) is 59.2 Å². The summed E-state index contributed by atoms with van der Waals surface area (Å²) in [6.45, 7) is 2.07. The van der Waals surface area contributed by atoms with Gasteiger partial charge in [-0.3, -0.25) is 9.20 Å². The van der Waals surface area contributed by atoms with Crippen molar-refractivity contribution in [3.05, 3.63) is 59.1 Å². The molecule has 2 unspecified atom stereocenters. The third kappa shape index (κ3) is 3.05. The van der Waals surface area contributed by atoms with Gasteiger partial charge in [-0.1, -0.05) is 6.07 Å². The van der Waals surface area contributed by atoms with Crippen LogP contribution in [0, 0.1) is 0 Å². The molecule has 5 nitrogen and oxygen atoms in total. The summed E-state index contributed by atoms with van der Waals surface area (Å²) in [6.07, 6.45) is 6.62. The fourth-order valence-corrected chi connectivity index (χ4v) is 6.14. The maximum atomic E-state index is 13.5. The van der Waals surface area contributed by atoms with Gasteiger partial charge in [0.05, 0.1) is 10.6 Å². The van der Waals surface area contributed by atoms with Gasteiger partial charge in [0.15, 0.2) is 0 Å². The lowest BCUT2D eigenvalue weighted by atomic mass is 9.91. The molecule has 1 aliphatic carbocycles. The SMILES string of the molecule is CC1c2cc(C3=CN=C4CC(F)=CC=C34)ccc2S(=O)(=O)N1CCS(C)=O. The van der Waals surface area contributed by atoms with E-state index in [1.54, 1.807) is 30.7 Å². The molecule has 0 saturated heterocycles. The summed E-state index contributed by atoms with van der Waals surface area (Å²) in [5.74, 6) is 0.0853. The Hall–Kier alpha value is -1.90. The van der Waals surface area contributed by atoms with Crippen LogP contribution in [0.3, 0.4) is 0 Å². The van der Waals surface area contributed by atoms with E-state index in [1.807, 2.05) is 13.0 Å². The number of rotatable bonds is 4. The van der Waals surface area contributed by atoms with Crippen molar-refractivity contribution < 1.29 is 17.0 Å². The molecule has 2 aliphatic heterocycles. The molecule has 3 aliphatic rings. The van der Waals surface area contributed by atoms with Crippen molar-refractivity contribution in [2.24, 2.45) is 4.99 Å². The molecule has 0 N–H and O–H groups in total. The fraction of sp³-hybridized carbons (Fsp3) is 0.316. The summed E-state index contributed by atoms with van der Waals surface area (Å²) in [7, 11) is -4.65. The van der Waals surface area contributed by atoms with Gasteiger partial charge in [0.25, 0.3) is 0 Å². The molecule has 0 aromatic heterocycles. The second-order valence-corrected chi connectivity index (χ2v) is 10.2. The molecule has 142 valence electrons. The number of sulfonamides is 1. The third-order valence-corrected chi connectivity index (χ3v) is 7.91. The summed E-state index contributed by atoms with van der Waals surface area (Å²) in [4.78, 5) is 4.61. The van der Waals surface area contributed by atoms with Gasteiger partial charge in [-0.05, 0) is 42.3 Å². The first kappa shape index (κ1) is 18.5. The van der Waals surface area contributed by atoms with E-state index < -0.39 is 20.8 Å². The van der Waals surface area contributed by atoms with Gasteiger partial charge in [-0.15, -0.1) is 0 Å². The molecule has 0 spiro atoms. The zero-order valence-corrected chi connectivity index (χ0v) is 16.6. The zero-order valence-electron chi connectivity index (χ0n) is 15.0. The van der Waals surface area contributed by atoms with Gasteiger partial charge in [0.2, 0.25) is 10.0 Å². The third-order valence-electron chi connectivity index (χ3n) is 5.11. The molecule has 4 rings (SSSR count). The second-order valence-electron chi connectivity index (χ2n) is 6.81. The zero-order chi connectivity index (χ0) is 19.3. The van der Waals surface area contributed by atoms with Crippen molar-refractivity contribution in [3.8, 4) is 0 Å². The van der Waals surface area contributed by atoms with Crippen LogP contribution in [0.25, 0.3) is 5.57 Å². The summed E-state index contributed by atoms with van der Waals surface area (Å²) in [5.41, 5.74) is 4.02. The van der Waals surface area contributed by atoms with E-state index in [0.29, 0.717) is 16.4 Å². The average molecular weight is 407 g/mol. The Bertz CT molecular complexity index is 1080. The number of allylic oxidation sites excluding steroid dienone is 5. The molecule has 2 atom stereocenters. The standard InChI is InChI=1S/C19H19FN2O3S2/c1-12-16-9-13(17-11-21-18-10-14(20)4-5-15(17)18)3-6-19(16)27(24,25)22(12)7-8-26(2)23/h3-6,9,11-12H,7-8,10H2,1-2H3. The van der Waals surface area contributed by atoms with E-state index in [1.165, 1.54) is 10.4 Å². The maximum Gasteiger partial charge on any atom is 0.243 e. The Morgan fingerprint density at radius 1 is 1.30 bits per heavy atom. The number of aliphatic imine (C=N–C) groups is 1. The van der Waals surface area contributed by atoms with Crippen LogP contribution in [0.15, 0.2) is 57.8 Å². The van der Waals surface area contributed by atoms with E-state index in [-0.39, 0.29) is 24.8 Å². The van der Waals surface area contributed by atoms with Crippen molar-refractivity contribution in [3.63, 3.8) is 0 Å². The number of benzene rings is 1. The molecule has 1 aromatic rings. The maximum absolute atomic E-state index is 13.5. The molecule has 0 bridgehead atoms. The van der Waals surface area contributed by atoms with Crippen LogP contribution in [-0.4, -0.2) is 41.2 Å². The van der Waals surface area contributed by atoms with E-state index in [9.17, 15) is 17.0 Å². The fourth-order valence-electron chi connectivity index (χ4n) is 3.69. The molecule has 27 heavy (non-hydrogen) atoms. The Kier molecular flexibility index (Phi) is 4.52. The lowest BCUT2D eigenvalue weighted by molar-refractivity contribution is 0.377. The monoisotopic (exact) mass is 406 g/mol. The van der Waals surface area contributed by atoms with Crippen molar-refractivity contribution >= 4 is 32.1 Å². The Labute approximate surface area is 160 Å². The van der Waals surface area contributed by atoms with Gasteiger partial charge >= 0.3 is 0 Å². The summed E-state index contributed by atoms with van der Waals surface area (Å²) in [5, 5.41) is 0. The largest absolute Gasteiger partial charge is 0.260 e. The average Bonchev–Trinajstić information content (AvgIpc) is 3.10. The van der Waals surface area contributed by atoms with E-state index in [4.69, 9.17) is 0 Å². The molecule has 0 amide bonds. The number of fused-ring (bicyclic) bond motifs is 2. The Morgan fingerprint density at radius 2 is 2.07 bits per heavy atom. The van der Waals surface area contributed by atoms with Crippen molar-refractivity contribution in [2.75, 3.05) is 18.6 Å². The molecule has 8 heteroatoms. The Balaban J connectivity index is 1.70. The van der Waals surface area contributed by atoms with E-state index in [2.05, 4.69) is 4.99 Å². The van der Waals surface area contributed by atoms with Gasteiger partial charge in [0.1, 0.15) is 5.83 Å².